The van der Waals surface area contributed by atoms with Crippen LogP contribution >= 0.6 is 11.8 Å². The third-order valence-electron chi connectivity index (χ3n) is 5.03. The maximum absolute atomic E-state index is 12.8. The number of carbonyl (C=O) groups is 2. The summed E-state index contributed by atoms with van der Waals surface area (Å²) in [6, 6.07) is 13.6. The van der Waals surface area contributed by atoms with Crippen LogP contribution in [0.2, 0.25) is 0 Å². The molecule has 1 amide bonds. The summed E-state index contributed by atoms with van der Waals surface area (Å²) in [5, 5.41) is 12.2. The summed E-state index contributed by atoms with van der Waals surface area (Å²) in [5.74, 6) is -0.424. The Hall–Kier alpha value is -2.67. The number of carboxylic acid groups (broad SMARTS) is 1. The highest BCUT2D eigenvalue weighted by atomic mass is 32.2. The molecule has 1 saturated carbocycles. The topological polar surface area (TPSA) is 84.9 Å². The zero-order chi connectivity index (χ0) is 19.5. The van der Waals surface area contributed by atoms with E-state index in [-0.39, 0.29) is 11.8 Å². The Balaban J connectivity index is 1.57. The summed E-state index contributed by atoms with van der Waals surface area (Å²) in [5.41, 5.74) is 0.655. The summed E-state index contributed by atoms with van der Waals surface area (Å²) in [6.07, 6.45) is 1.52. The second kappa shape index (κ2) is 8.14. The van der Waals surface area contributed by atoms with Gasteiger partial charge >= 0.3 is 5.97 Å². The van der Waals surface area contributed by atoms with Crippen LogP contribution in [0.15, 0.2) is 52.3 Å². The van der Waals surface area contributed by atoms with Gasteiger partial charge in [0.2, 0.25) is 5.91 Å². The maximum atomic E-state index is 12.8. The molecule has 2 aromatic rings. The van der Waals surface area contributed by atoms with Crippen molar-refractivity contribution in [3.05, 3.63) is 42.5 Å². The van der Waals surface area contributed by atoms with Gasteiger partial charge in [0.1, 0.15) is 13.2 Å². The van der Waals surface area contributed by atoms with Crippen molar-refractivity contribution < 1.29 is 24.2 Å². The van der Waals surface area contributed by atoms with Gasteiger partial charge in [0, 0.05) is 27.8 Å². The van der Waals surface area contributed by atoms with Gasteiger partial charge in [0.25, 0.3) is 0 Å². The number of carboxylic acids is 1. The second-order valence-electron chi connectivity index (χ2n) is 6.94. The zero-order valence-electron chi connectivity index (χ0n) is 15.2. The van der Waals surface area contributed by atoms with Crippen LogP contribution < -0.4 is 14.8 Å². The van der Waals surface area contributed by atoms with E-state index in [9.17, 15) is 14.7 Å². The predicted molar refractivity (Wildman–Crippen MR) is 105 cm³/mol. The average Bonchev–Trinajstić information content (AvgIpc) is 3.20. The Morgan fingerprint density at radius 1 is 1.00 bits per heavy atom. The van der Waals surface area contributed by atoms with Gasteiger partial charge in [-0.1, -0.05) is 30.0 Å². The van der Waals surface area contributed by atoms with Crippen LogP contribution in [-0.2, 0) is 9.59 Å². The number of aliphatic carboxylic acids is 1. The third-order valence-corrected chi connectivity index (χ3v) is 6.09. The van der Waals surface area contributed by atoms with E-state index < -0.39 is 11.9 Å². The van der Waals surface area contributed by atoms with Gasteiger partial charge in [-0.05, 0) is 31.4 Å². The number of hydrogen-bond acceptors (Lipinski definition) is 5. The van der Waals surface area contributed by atoms with Crippen LogP contribution in [0.4, 0.5) is 5.69 Å². The molecule has 0 radical (unpaired) electrons. The summed E-state index contributed by atoms with van der Waals surface area (Å²) < 4.78 is 11.3. The number of fused-ring (bicyclic) bond motifs is 1. The lowest BCUT2D eigenvalue weighted by Crippen LogP contribution is -2.22. The van der Waals surface area contributed by atoms with Gasteiger partial charge in [-0.15, -0.1) is 0 Å². The molecule has 2 atom stereocenters. The predicted octanol–water partition coefficient (Wildman–Crippen LogP) is 4.05. The van der Waals surface area contributed by atoms with Gasteiger partial charge in [0.05, 0.1) is 11.6 Å². The van der Waals surface area contributed by atoms with Gasteiger partial charge in [-0.3, -0.25) is 9.59 Å². The zero-order valence-corrected chi connectivity index (χ0v) is 16.0. The minimum absolute atomic E-state index is 0.143. The van der Waals surface area contributed by atoms with E-state index in [0.29, 0.717) is 49.7 Å². The Bertz CT molecular complexity index is 886. The molecule has 28 heavy (non-hydrogen) atoms. The van der Waals surface area contributed by atoms with Crippen molar-refractivity contribution in [2.24, 2.45) is 11.8 Å². The highest BCUT2D eigenvalue weighted by Crippen LogP contribution is 2.43. The number of ether oxygens (including phenoxy) is 2. The minimum atomic E-state index is -0.824. The Kier molecular flexibility index (Phi) is 5.43. The molecular weight excluding hydrogens is 378 g/mol. The lowest BCUT2D eigenvalue weighted by molar-refractivity contribution is -0.141. The molecule has 1 fully saturated rings. The quantitative estimate of drug-likeness (QED) is 0.789. The van der Waals surface area contributed by atoms with Crippen LogP contribution in [0.25, 0.3) is 0 Å². The number of hydrogen-bond donors (Lipinski definition) is 2. The molecule has 1 aliphatic carbocycles. The monoisotopic (exact) mass is 399 g/mol. The van der Waals surface area contributed by atoms with Crippen molar-refractivity contribution in [1.29, 1.82) is 0 Å². The van der Waals surface area contributed by atoms with Crippen molar-refractivity contribution in [1.82, 2.24) is 0 Å². The molecule has 0 bridgehead atoms. The minimum Gasteiger partial charge on any atom is -0.486 e. The molecule has 1 heterocycles. The fourth-order valence-corrected chi connectivity index (χ4v) is 4.48. The van der Waals surface area contributed by atoms with E-state index in [0.717, 1.165) is 9.79 Å². The standard InChI is InChI=1S/C21H21NO5S/c23-20(13-6-7-14(10-13)21(24)25)22-16-11-17-18(27-9-8-26-17)12-19(16)28-15-4-2-1-3-5-15/h1-5,11-14H,6-10H2,(H,22,23)(H,24,25)/t13-,14+/m0/s1. The SMILES string of the molecule is O=C(O)[C@@H]1CC[C@H](C(=O)Nc2cc3c(cc2Sc2ccccc2)OCCO3)C1. The molecule has 2 N–H and O–H groups in total. The van der Waals surface area contributed by atoms with Crippen molar-refractivity contribution in [3.8, 4) is 11.5 Å². The molecule has 0 saturated heterocycles. The maximum Gasteiger partial charge on any atom is 0.306 e. The summed E-state index contributed by atoms with van der Waals surface area (Å²) in [4.78, 5) is 25.9. The van der Waals surface area contributed by atoms with Crippen molar-refractivity contribution in [2.75, 3.05) is 18.5 Å². The first kappa shape index (κ1) is 18.7. The van der Waals surface area contributed by atoms with Crippen LogP contribution in [-0.4, -0.2) is 30.2 Å². The molecule has 1 aliphatic heterocycles. The molecule has 2 aliphatic rings. The van der Waals surface area contributed by atoms with E-state index in [1.807, 2.05) is 36.4 Å². The van der Waals surface area contributed by atoms with Gasteiger partial charge < -0.3 is 19.9 Å². The first-order chi connectivity index (χ1) is 13.6. The molecule has 7 heteroatoms. The first-order valence-electron chi connectivity index (χ1n) is 9.30. The van der Waals surface area contributed by atoms with Gasteiger partial charge in [-0.25, -0.2) is 0 Å². The normalized spacial score (nSPS) is 20.6. The van der Waals surface area contributed by atoms with Crippen molar-refractivity contribution in [2.45, 2.75) is 29.1 Å². The Morgan fingerprint density at radius 3 is 2.36 bits per heavy atom. The van der Waals surface area contributed by atoms with E-state index in [1.54, 1.807) is 6.07 Å². The van der Waals surface area contributed by atoms with Crippen LogP contribution in [0.3, 0.4) is 0 Å². The summed E-state index contributed by atoms with van der Waals surface area (Å²) in [7, 11) is 0. The second-order valence-corrected chi connectivity index (χ2v) is 8.06. The number of anilines is 1. The van der Waals surface area contributed by atoms with Crippen LogP contribution in [0, 0.1) is 11.8 Å². The molecule has 6 nitrogen and oxygen atoms in total. The summed E-state index contributed by atoms with van der Waals surface area (Å²) in [6.45, 7) is 0.960. The molecule has 4 rings (SSSR count). The van der Waals surface area contributed by atoms with Crippen LogP contribution in [0.1, 0.15) is 19.3 Å². The van der Waals surface area contributed by atoms with Gasteiger partial charge in [-0.2, -0.15) is 0 Å². The lowest BCUT2D eigenvalue weighted by Gasteiger charge is -2.22. The first-order valence-corrected chi connectivity index (χ1v) is 10.1. The molecular formula is C21H21NO5S. The van der Waals surface area contributed by atoms with E-state index in [4.69, 9.17) is 9.47 Å². The van der Waals surface area contributed by atoms with E-state index in [1.165, 1.54) is 11.8 Å². The number of benzene rings is 2. The highest BCUT2D eigenvalue weighted by Gasteiger charge is 2.34. The van der Waals surface area contributed by atoms with Crippen LogP contribution in [0.5, 0.6) is 11.5 Å². The largest absolute Gasteiger partial charge is 0.486 e. The van der Waals surface area contributed by atoms with E-state index >= 15 is 0 Å². The third kappa shape index (κ3) is 4.09. The van der Waals surface area contributed by atoms with E-state index in [2.05, 4.69) is 5.32 Å². The number of nitrogens with one attached hydrogen (secondary N) is 1. The van der Waals surface area contributed by atoms with Crippen molar-refractivity contribution >= 4 is 29.3 Å². The smallest absolute Gasteiger partial charge is 0.306 e. The average molecular weight is 399 g/mol. The summed E-state index contributed by atoms with van der Waals surface area (Å²) >= 11 is 1.53. The molecule has 146 valence electrons. The Morgan fingerprint density at radius 2 is 1.68 bits per heavy atom. The number of amides is 1. The lowest BCUT2D eigenvalue weighted by atomic mass is 10.0. The highest BCUT2D eigenvalue weighted by molar-refractivity contribution is 7.99. The Labute approximate surface area is 167 Å². The molecule has 2 aromatic carbocycles. The number of carbonyl (C=O) groups excluding carboxylic acids is 1. The molecule has 0 unspecified atom stereocenters. The molecule has 0 aromatic heterocycles. The fraction of sp³-hybridized carbons (Fsp3) is 0.333. The number of rotatable bonds is 5. The molecule has 0 spiro atoms. The van der Waals surface area contributed by atoms with Crippen molar-refractivity contribution in [3.63, 3.8) is 0 Å². The van der Waals surface area contributed by atoms with Gasteiger partial charge in [0.15, 0.2) is 11.5 Å². The fourth-order valence-electron chi connectivity index (χ4n) is 3.55.